The van der Waals surface area contributed by atoms with Crippen LogP contribution >= 0.6 is 22.6 Å². The molecule has 0 unspecified atom stereocenters. The zero-order valence-corrected chi connectivity index (χ0v) is 18.8. The number of para-hydroxylation sites is 1. The number of rotatable bonds is 7. The van der Waals surface area contributed by atoms with Crippen molar-refractivity contribution in [3.63, 3.8) is 0 Å². The molecule has 2 N–H and O–H groups in total. The lowest BCUT2D eigenvalue weighted by Gasteiger charge is -2.11. The van der Waals surface area contributed by atoms with E-state index in [0.717, 1.165) is 22.4 Å². The van der Waals surface area contributed by atoms with Crippen molar-refractivity contribution in [1.29, 1.82) is 0 Å². The largest absolute Gasteiger partial charge is 0.493 e. The van der Waals surface area contributed by atoms with Crippen LogP contribution in [0.15, 0.2) is 71.8 Å². The van der Waals surface area contributed by atoms with Crippen LogP contribution in [0.2, 0.25) is 0 Å². The van der Waals surface area contributed by atoms with E-state index in [2.05, 4.69) is 38.4 Å². The van der Waals surface area contributed by atoms with Crippen molar-refractivity contribution in [1.82, 2.24) is 5.43 Å². The second-order valence-electron chi connectivity index (χ2n) is 6.46. The van der Waals surface area contributed by atoms with Gasteiger partial charge in [0.1, 0.15) is 6.61 Å². The molecule has 0 aliphatic heterocycles. The maximum atomic E-state index is 12.0. The number of hydrogen-bond donors (Lipinski definition) is 2. The molecule has 0 aliphatic carbocycles. The van der Waals surface area contributed by atoms with Gasteiger partial charge in [-0.1, -0.05) is 30.3 Å². The molecular weight excluding hydrogens is 493 g/mol. The Labute approximate surface area is 189 Å². The van der Waals surface area contributed by atoms with Gasteiger partial charge in [-0.05, 0) is 82.6 Å². The van der Waals surface area contributed by atoms with Crippen LogP contribution in [0.25, 0.3) is 0 Å². The fourth-order valence-electron chi connectivity index (χ4n) is 2.65. The van der Waals surface area contributed by atoms with Gasteiger partial charge in [0.2, 0.25) is 0 Å². The van der Waals surface area contributed by atoms with E-state index in [-0.39, 0.29) is 0 Å². The summed E-state index contributed by atoms with van der Waals surface area (Å²) in [4.78, 5) is 12.0. The maximum Gasteiger partial charge on any atom is 0.339 e. The number of anilines is 1. The summed E-state index contributed by atoms with van der Waals surface area (Å²) in [6.07, 6.45) is 1.54. The molecule has 0 spiro atoms. The number of carbonyl (C=O) groups is 1. The Kier molecular flexibility index (Phi) is 7.67. The number of nitrogens with zero attached hydrogens (tertiary/aromatic N) is 1. The second-order valence-corrected chi connectivity index (χ2v) is 7.71. The number of ether oxygens (including phenoxy) is 2. The zero-order valence-electron chi connectivity index (χ0n) is 16.7. The number of methoxy groups -OCH3 is 1. The van der Waals surface area contributed by atoms with Crippen LogP contribution in [0.3, 0.4) is 0 Å². The van der Waals surface area contributed by atoms with E-state index in [1.807, 2.05) is 67.6 Å². The van der Waals surface area contributed by atoms with Gasteiger partial charge in [0.05, 0.1) is 13.3 Å². The summed E-state index contributed by atoms with van der Waals surface area (Å²) in [5.74, 6) is 1.23. The van der Waals surface area contributed by atoms with Crippen LogP contribution in [0, 0.1) is 10.5 Å². The van der Waals surface area contributed by atoms with Gasteiger partial charge in [0.25, 0.3) is 0 Å². The van der Waals surface area contributed by atoms with Crippen LogP contribution in [-0.2, 0) is 6.61 Å². The van der Waals surface area contributed by atoms with Gasteiger partial charge in [-0.25, -0.2) is 10.2 Å². The molecule has 2 amide bonds. The van der Waals surface area contributed by atoms with Gasteiger partial charge in [-0.2, -0.15) is 5.10 Å². The summed E-state index contributed by atoms with van der Waals surface area (Å²) in [7, 11) is 1.59. The quantitative estimate of drug-likeness (QED) is 0.254. The highest BCUT2D eigenvalue weighted by atomic mass is 127. The molecule has 154 valence electrons. The van der Waals surface area contributed by atoms with Gasteiger partial charge in [0.15, 0.2) is 11.5 Å². The van der Waals surface area contributed by atoms with E-state index in [1.165, 1.54) is 3.57 Å². The number of benzene rings is 3. The van der Waals surface area contributed by atoms with Crippen molar-refractivity contribution < 1.29 is 14.3 Å². The molecule has 3 aromatic rings. The lowest BCUT2D eigenvalue weighted by atomic mass is 10.2. The van der Waals surface area contributed by atoms with Crippen LogP contribution in [0.4, 0.5) is 10.5 Å². The lowest BCUT2D eigenvalue weighted by Crippen LogP contribution is -2.24. The first-order chi connectivity index (χ1) is 14.5. The summed E-state index contributed by atoms with van der Waals surface area (Å²) < 4.78 is 12.5. The van der Waals surface area contributed by atoms with Gasteiger partial charge in [0, 0.05) is 9.26 Å². The van der Waals surface area contributed by atoms with Crippen LogP contribution in [-0.4, -0.2) is 19.4 Å². The first-order valence-electron chi connectivity index (χ1n) is 9.26. The molecule has 0 fully saturated rings. The van der Waals surface area contributed by atoms with E-state index in [1.54, 1.807) is 19.4 Å². The van der Waals surface area contributed by atoms with Crippen LogP contribution < -0.4 is 20.2 Å². The lowest BCUT2D eigenvalue weighted by molar-refractivity contribution is 0.252. The zero-order chi connectivity index (χ0) is 21.3. The molecule has 0 aromatic heterocycles. The second kappa shape index (κ2) is 10.6. The van der Waals surface area contributed by atoms with Crippen LogP contribution in [0.5, 0.6) is 11.5 Å². The molecule has 30 heavy (non-hydrogen) atoms. The van der Waals surface area contributed by atoms with Crippen LogP contribution in [0.1, 0.15) is 16.7 Å². The molecule has 3 rings (SSSR count). The summed E-state index contributed by atoms with van der Waals surface area (Å²) in [6, 6.07) is 20.7. The van der Waals surface area contributed by atoms with E-state index in [9.17, 15) is 4.79 Å². The molecule has 0 saturated heterocycles. The van der Waals surface area contributed by atoms with E-state index in [4.69, 9.17) is 9.47 Å². The van der Waals surface area contributed by atoms with Crippen molar-refractivity contribution in [2.45, 2.75) is 13.5 Å². The molecule has 0 bridgehead atoms. The van der Waals surface area contributed by atoms with Gasteiger partial charge >= 0.3 is 6.03 Å². The van der Waals surface area contributed by atoms with Gasteiger partial charge in [-0.3, -0.25) is 0 Å². The smallest absolute Gasteiger partial charge is 0.339 e. The number of halogens is 1. The molecule has 7 heteroatoms. The minimum absolute atomic E-state index is 0.412. The molecular formula is C23H22IN3O3. The first-order valence-corrected chi connectivity index (χ1v) is 10.3. The Balaban J connectivity index is 1.57. The molecule has 0 heterocycles. The Hall–Kier alpha value is -3.07. The monoisotopic (exact) mass is 515 g/mol. The third-order valence-corrected chi connectivity index (χ3v) is 4.99. The minimum atomic E-state index is -0.412. The third-order valence-electron chi connectivity index (χ3n) is 4.27. The standard InChI is InChI=1S/C23H22IN3O3/c1-16-5-3-4-6-20(16)26-23(28)27-25-14-18-9-12-21(22(13-18)29-2)30-15-17-7-10-19(24)11-8-17/h3-14H,15H2,1-2H3,(H2,26,27,28). The number of nitrogens with one attached hydrogen (secondary N) is 2. The highest BCUT2D eigenvalue weighted by Gasteiger charge is 2.06. The van der Waals surface area contributed by atoms with Gasteiger partial charge in [-0.15, -0.1) is 0 Å². The summed E-state index contributed by atoms with van der Waals surface area (Å²) in [5.41, 5.74) is 6.01. The highest BCUT2D eigenvalue weighted by molar-refractivity contribution is 14.1. The van der Waals surface area contributed by atoms with Crippen molar-refractivity contribution >= 4 is 40.5 Å². The summed E-state index contributed by atoms with van der Waals surface area (Å²) in [5, 5.41) is 6.75. The van der Waals surface area contributed by atoms with E-state index >= 15 is 0 Å². The molecule has 0 atom stereocenters. The molecule has 3 aromatic carbocycles. The predicted molar refractivity (Wildman–Crippen MR) is 127 cm³/mol. The normalized spacial score (nSPS) is 10.6. The number of urea groups is 1. The minimum Gasteiger partial charge on any atom is -0.493 e. The topological polar surface area (TPSA) is 72.0 Å². The summed E-state index contributed by atoms with van der Waals surface area (Å²) in [6.45, 7) is 2.37. The average Bonchev–Trinajstić information content (AvgIpc) is 2.75. The fourth-order valence-corrected chi connectivity index (χ4v) is 3.01. The molecule has 0 aliphatic rings. The Morgan fingerprint density at radius 1 is 1.07 bits per heavy atom. The third kappa shape index (κ3) is 6.21. The fraction of sp³-hybridized carbons (Fsp3) is 0.130. The predicted octanol–water partition coefficient (Wildman–Crippen LogP) is 5.34. The van der Waals surface area contributed by atoms with E-state index < -0.39 is 6.03 Å². The highest BCUT2D eigenvalue weighted by Crippen LogP contribution is 2.28. The number of hydrogen-bond acceptors (Lipinski definition) is 4. The van der Waals surface area contributed by atoms with Crippen molar-refractivity contribution in [3.05, 3.63) is 87.0 Å². The number of carbonyl (C=O) groups excluding carboxylic acids is 1. The SMILES string of the molecule is COc1cc(C=NNC(=O)Nc2ccccc2C)ccc1OCc1ccc(I)cc1. The Bertz CT molecular complexity index is 1040. The summed E-state index contributed by atoms with van der Waals surface area (Å²) >= 11 is 2.27. The molecule has 0 radical (unpaired) electrons. The number of aryl methyl sites for hydroxylation is 1. The molecule has 6 nitrogen and oxygen atoms in total. The Morgan fingerprint density at radius 3 is 2.57 bits per heavy atom. The van der Waals surface area contributed by atoms with Crippen molar-refractivity contribution in [3.8, 4) is 11.5 Å². The molecule has 0 saturated carbocycles. The number of amides is 2. The van der Waals surface area contributed by atoms with Crippen molar-refractivity contribution in [2.24, 2.45) is 5.10 Å². The van der Waals surface area contributed by atoms with Crippen molar-refractivity contribution in [2.75, 3.05) is 12.4 Å². The first kappa shape index (κ1) is 21.6. The van der Waals surface area contributed by atoms with E-state index in [0.29, 0.717) is 18.1 Å². The number of hydrazone groups is 1. The Morgan fingerprint density at radius 2 is 1.83 bits per heavy atom. The maximum absolute atomic E-state index is 12.0. The average molecular weight is 515 g/mol. The van der Waals surface area contributed by atoms with Gasteiger partial charge < -0.3 is 14.8 Å².